The van der Waals surface area contributed by atoms with E-state index in [1.54, 1.807) is 0 Å². The lowest BCUT2D eigenvalue weighted by Crippen LogP contribution is -2.44. The molecule has 2 fully saturated rings. The van der Waals surface area contributed by atoms with Gasteiger partial charge in [0.25, 0.3) is 0 Å². The molecule has 2 rings (SSSR count). The summed E-state index contributed by atoms with van der Waals surface area (Å²) in [5, 5.41) is 6.76. The predicted octanol–water partition coefficient (Wildman–Crippen LogP) is 3.22. The molecule has 1 aliphatic heterocycles. The minimum absolute atomic E-state index is 0. The number of carbonyl (C=O) groups is 1. The Balaban J connectivity index is 0.00000220. The van der Waals surface area contributed by atoms with Crippen molar-refractivity contribution in [3.8, 4) is 0 Å². The molecule has 1 aliphatic carbocycles. The van der Waals surface area contributed by atoms with Gasteiger partial charge in [0.1, 0.15) is 0 Å². The van der Waals surface area contributed by atoms with Crippen LogP contribution in [0, 0.1) is 11.8 Å². The Morgan fingerprint density at radius 3 is 2.86 bits per heavy atom. The van der Waals surface area contributed by atoms with Crippen LogP contribution in [0.1, 0.15) is 52.4 Å². The van der Waals surface area contributed by atoms with Gasteiger partial charge in [-0.15, -0.1) is 12.4 Å². The lowest BCUT2D eigenvalue weighted by molar-refractivity contribution is -0.122. The minimum Gasteiger partial charge on any atom is -0.353 e. The second-order valence-electron chi connectivity index (χ2n) is 6.77. The Kier molecular flexibility index (Phi) is 9.07. The maximum absolute atomic E-state index is 12.2. The molecule has 3 nitrogen and oxygen atoms in total. The van der Waals surface area contributed by atoms with Gasteiger partial charge in [-0.05, 0) is 31.1 Å². The number of carbonyl (C=O) groups excluding carboxylic acids is 1. The fourth-order valence-electron chi connectivity index (χ4n) is 3.36. The van der Waals surface area contributed by atoms with Crippen molar-refractivity contribution in [3.63, 3.8) is 0 Å². The summed E-state index contributed by atoms with van der Waals surface area (Å²) in [5.74, 6) is 4.00. The van der Waals surface area contributed by atoms with Crippen molar-refractivity contribution < 1.29 is 4.79 Å². The number of amides is 1. The average Bonchev–Trinajstić information content (AvgIpc) is 2.84. The van der Waals surface area contributed by atoms with Crippen molar-refractivity contribution in [2.45, 2.75) is 64.5 Å². The van der Waals surface area contributed by atoms with E-state index in [1.807, 2.05) is 11.8 Å². The summed E-state index contributed by atoms with van der Waals surface area (Å²) in [6.07, 6.45) is 6.99. The van der Waals surface area contributed by atoms with E-state index in [1.165, 1.54) is 37.9 Å². The summed E-state index contributed by atoms with van der Waals surface area (Å²) < 4.78 is 0. The van der Waals surface area contributed by atoms with Crippen LogP contribution >= 0.6 is 24.2 Å². The second kappa shape index (κ2) is 9.96. The van der Waals surface area contributed by atoms with Crippen LogP contribution < -0.4 is 10.6 Å². The minimum atomic E-state index is 0. The fourth-order valence-corrected chi connectivity index (χ4v) is 4.31. The van der Waals surface area contributed by atoms with E-state index in [9.17, 15) is 4.79 Å². The zero-order valence-corrected chi connectivity index (χ0v) is 15.0. The zero-order valence-electron chi connectivity index (χ0n) is 13.4. The van der Waals surface area contributed by atoms with Gasteiger partial charge in [-0.3, -0.25) is 4.79 Å². The molecule has 0 radical (unpaired) electrons. The normalized spacial score (nSPS) is 29.2. The molecule has 0 spiro atoms. The Morgan fingerprint density at radius 2 is 2.19 bits per heavy atom. The predicted molar refractivity (Wildman–Crippen MR) is 94.3 cm³/mol. The van der Waals surface area contributed by atoms with Gasteiger partial charge in [-0.1, -0.05) is 26.7 Å². The van der Waals surface area contributed by atoms with Crippen molar-refractivity contribution in [1.82, 2.24) is 10.6 Å². The fraction of sp³-hybridized carbons (Fsp3) is 0.938. The maximum Gasteiger partial charge on any atom is 0.221 e. The molecular formula is C16H31ClN2OS. The number of halogens is 1. The lowest BCUT2D eigenvalue weighted by atomic mass is 9.93. The van der Waals surface area contributed by atoms with E-state index >= 15 is 0 Å². The van der Waals surface area contributed by atoms with Crippen LogP contribution in [0.25, 0.3) is 0 Å². The molecule has 124 valence electrons. The van der Waals surface area contributed by atoms with E-state index in [4.69, 9.17) is 0 Å². The molecule has 3 unspecified atom stereocenters. The smallest absolute Gasteiger partial charge is 0.221 e. The lowest BCUT2D eigenvalue weighted by Gasteiger charge is -2.25. The molecule has 2 aliphatic rings. The molecule has 1 amide bonds. The Bertz CT molecular complexity index is 309. The standard InChI is InChI=1S/C16H30N2OS.ClH/c1-12(2)6-7-13-4-3-5-15(13)18-16(19)10-14-11-20-9-8-17-14;/h12-15,17H,3-11H2,1-2H3,(H,18,19);1H. The molecule has 5 heteroatoms. The van der Waals surface area contributed by atoms with Gasteiger partial charge in [0.2, 0.25) is 5.91 Å². The third-order valence-electron chi connectivity index (χ3n) is 4.55. The summed E-state index contributed by atoms with van der Waals surface area (Å²) in [6, 6.07) is 0.821. The molecule has 1 saturated heterocycles. The highest BCUT2D eigenvalue weighted by molar-refractivity contribution is 7.99. The molecule has 2 N–H and O–H groups in total. The second-order valence-corrected chi connectivity index (χ2v) is 7.92. The first-order valence-electron chi connectivity index (χ1n) is 8.25. The van der Waals surface area contributed by atoms with Crippen LogP contribution in [-0.2, 0) is 4.79 Å². The van der Waals surface area contributed by atoms with Crippen molar-refractivity contribution in [2.24, 2.45) is 11.8 Å². The van der Waals surface area contributed by atoms with Crippen LogP contribution in [0.15, 0.2) is 0 Å². The van der Waals surface area contributed by atoms with Gasteiger partial charge < -0.3 is 10.6 Å². The van der Waals surface area contributed by atoms with E-state index in [0.717, 1.165) is 24.1 Å². The number of hydrogen-bond donors (Lipinski definition) is 2. The summed E-state index contributed by atoms with van der Waals surface area (Å²) in [4.78, 5) is 12.2. The molecule has 1 saturated carbocycles. The first-order valence-corrected chi connectivity index (χ1v) is 9.41. The molecule has 0 aromatic rings. The number of nitrogens with one attached hydrogen (secondary N) is 2. The Hall–Kier alpha value is 0.0700. The molecule has 0 bridgehead atoms. The monoisotopic (exact) mass is 334 g/mol. The molecule has 21 heavy (non-hydrogen) atoms. The van der Waals surface area contributed by atoms with Gasteiger partial charge in [-0.25, -0.2) is 0 Å². The Morgan fingerprint density at radius 1 is 1.38 bits per heavy atom. The van der Waals surface area contributed by atoms with Crippen molar-refractivity contribution in [3.05, 3.63) is 0 Å². The van der Waals surface area contributed by atoms with Gasteiger partial charge in [-0.2, -0.15) is 11.8 Å². The third-order valence-corrected chi connectivity index (χ3v) is 5.68. The van der Waals surface area contributed by atoms with Crippen molar-refractivity contribution in [1.29, 1.82) is 0 Å². The molecule has 1 heterocycles. The maximum atomic E-state index is 12.2. The summed E-state index contributed by atoms with van der Waals surface area (Å²) in [5.41, 5.74) is 0. The summed E-state index contributed by atoms with van der Waals surface area (Å²) in [7, 11) is 0. The quantitative estimate of drug-likeness (QED) is 0.783. The van der Waals surface area contributed by atoms with Gasteiger partial charge >= 0.3 is 0 Å². The highest BCUT2D eigenvalue weighted by atomic mass is 35.5. The first kappa shape index (κ1) is 19.1. The average molecular weight is 335 g/mol. The summed E-state index contributed by atoms with van der Waals surface area (Å²) >= 11 is 1.96. The molecule has 0 aromatic heterocycles. The molecule has 0 aromatic carbocycles. The van der Waals surface area contributed by atoms with Gasteiger partial charge in [0.05, 0.1) is 0 Å². The van der Waals surface area contributed by atoms with Crippen molar-refractivity contribution >= 4 is 30.1 Å². The van der Waals surface area contributed by atoms with Crippen LogP contribution in [0.4, 0.5) is 0 Å². The van der Waals surface area contributed by atoms with Crippen LogP contribution in [-0.4, -0.2) is 36.0 Å². The van der Waals surface area contributed by atoms with Gasteiger partial charge in [0.15, 0.2) is 0 Å². The summed E-state index contributed by atoms with van der Waals surface area (Å²) in [6.45, 7) is 5.62. The van der Waals surface area contributed by atoms with E-state index in [0.29, 0.717) is 18.5 Å². The molecular weight excluding hydrogens is 304 g/mol. The van der Waals surface area contributed by atoms with Gasteiger partial charge in [0, 0.05) is 36.6 Å². The topological polar surface area (TPSA) is 41.1 Å². The van der Waals surface area contributed by atoms with Crippen LogP contribution in [0.5, 0.6) is 0 Å². The zero-order chi connectivity index (χ0) is 14.4. The largest absolute Gasteiger partial charge is 0.353 e. The SMILES string of the molecule is CC(C)CCC1CCCC1NC(=O)CC1CSCCN1.Cl. The van der Waals surface area contributed by atoms with Crippen LogP contribution in [0.2, 0.25) is 0 Å². The third kappa shape index (κ3) is 6.79. The number of rotatable bonds is 6. The van der Waals surface area contributed by atoms with Crippen molar-refractivity contribution in [2.75, 3.05) is 18.1 Å². The van der Waals surface area contributed by atoms with E-state index < -0.39 is 0 Å². The van der Waals surface area contributed by atoms with E-state index in [-0.39, 0.29) is 18.3 Å². The molecule has 3 atom stereocenters. The highest BCUT2D eigenvalue weighted by Crippen LogP contribution is 2.30. The number of thioether (sulfide) groups is 1. The van der Waals surface area contributed by atoms with E-state index in [2.05, 4.69) is 24.5 Å². The first-order chi connectivity index (χ1) is 9.65. The van der Waals surface area contributed by atoms with Crippen LogP contribution in [0.3, 0.4) is 0 Å². The Labute approximate surface area is 140 Å². The highest BCUT2D eigenvalue weighted by Gasteiger charge is 2.29. The number of hydrogen-bond acceptors (Lipinski definition) is 3.